The van der Waals surface area contributed by atoms with Gasteiger partial charge >= 0.3 is 0 Å². The second kappa shape index (κ2) is 5.29. The highest BCUT2D eigenvalue weighted by atomic mass is 16.3. The summed E-state index contributed by atoms with van der Waals surface area (Å²) in [6.45, 7) is 2.92. The third-order valence-electron chi connectivity index (χ3n) is 3.24. The number of anilines is 1. The number of hydrogen-bond donors (Lipinski definition) is 3. The fourth-order valence-electron chi connectivity index (χ4n) is 2.20. The van der Waals surface area contributed by atoms with E-state index in [4.69, 9.17) is 5.11 Å². The number of carbonyl (C=O) groups excluding carboxylic acids is 1. The van der Waals surface area contributed by atoms with Crippen molar-refractivity contribution >= 4 is 11.6 Å². The lowest BCUT2D eigenvalue weighted by Gasteiger charge is -2.15. The van der Waals surface area contributed by atoms with Gasteiger partial charge in [-0.2, -0.15) is 0 Å². The molecule has 1 aromatic carbocycles. The molecular formula is C13H18N2O2. The largest absolute Gasteiger partial charge is 0.392 e. The molecule has 1 saturated heterocycles. The molecule has 2 rings (SSSR count). The molecular weight excluding hydrogens is 216 g/mol. The van der Waals surface area contributed by atoms with Crippen molar-refractivity contribution in [1.82, 2.24) is 5.32 Å². The van der Waals surface area contributed by atoms with Gasteiger partial charge in [-0.1, -0.05) is 12.1 Å². The van der Waals surface area contributed by atoms with Crippen molar-refractivity contribution in [3.8, 4) is 0 Å². The van der Waals surface area contributed by atoms with Crippen LogP contribution in [0.3, 0.4) is 0 Å². The van der Waals surface area contributed by atoms with Crippen LogP contribution in [0.1, 0.15) is 18.9 Å². The minimum Gasteiger partial charge on any atom is -0.392 e. The minimum atomic E-state index is -0.00883. The molecule has 0 aromatic heterocycles. The van der Waals surface area contributed by atoms with E-state index in [9.17, 15) is 4.79 Å². The number of nitrogens with one attached hydrogen (secondary N) is 2. The fraction of sp³-hybridized carbons (Fsp3) is 0.462. The zero-order valence-corrected chi connectivity index (χ0v) is 9.94. The van der Waals surface area contributed by atoms with Crippen molar-refractivity contribution in [2.24, 2.45) is 5.92 Å². The van der Waals surface area contributed by atoms with Gasteiger partial charge in [0.1, 0.15) is 0 Å². The first kappa shape index (κ1) is 12.1. The molecule has 1 amide bonds. The SMILES string of the molecule is CC1NCCC1C(=O)Nc1cccc(CO)c1. The molecule has 17 heavy (non-hydrogen) atoms. The van der Waals surface area contributed by atoms with Crippen molar-refractivity contribution in [2.45, 2.75) is 26.0 Å². The van der Waals surface area contributed by atoms with Gasteiger partial charge in [-0.3, -0.25) is 4.79 Å². The number of benzene rings is 1. The van der Waals surface area contributed by atoms with E-state index in [1.165, 1.54) is 0 Å². The first-order valence-electron chi connectivity index (χ1n) is 5.95. The second-order valence-electron chi connectivity index (χ2n) is 4.49. The van der Waals surface area contributed by atoms with Crippen LogP contribution in [0.4, 0.5) is 5.69 Å². The van der Waals surface area contributed by atoms with E-state index in [1.54, 1.807) is 6.07 Å². The predicted molar refractivity (Wildman–Crippen MR) is 66.6 cm³/mol. The summed E-state index contributed by atoms with van der Waals surface area (Å²) in [4.78, 5) is 12.0. The van der Waals surface area contributed by atoms with E-state index in [0.717, 1.165) is 24.2 Å². The molecule has 92 valence electrons. The summed E-state index contributed by atoms with van der Waals surface area (Å²) in [6, 6.07) is 7.53. The number of hydrogen-bond acceptors (Lipinski definition) is 3. The summed E-state index contributed by atoms with van der Waals surface area (Å²) in [5, 5.41) is 15.2. The monoisotopic (exact) mass is 234 g/mol. The summed E-state index contributed by atoms with van der Waals surface area (Å²) in [6.07, 6.45) is 0.882. The van der Waals surface area contributed by atoms with Crippen molar-refractivity contribution in [3.05, 3.63) is 29.8 Å². The van der Waals surface area contributed by atoms with Crippen LogP contribution in [0.15, 0.2) is 24.3 Å². The van der Waals surface area contributed by atoms with Crippen LogP contribution in [-0.4, -0.2) is 23.6 Å². The highest BCUT2D eigenvalue weighted by Crippen LogP contribution is 2.18. The normalized spacial score (nSPS) is 23.6. The molecule has 0 aliphatic carbocycles. The number of carbonyl (C=O) groups is 1. The standard InChI is InChI=1S/C13H18N2O2/c1-9-12(5-6-14-9)13(17)15-11-4-2-3-10(7-11)8-16/h2-4,7,9,12,14,16H,5-6,8H2,1H3,(H,15,17). The van der Waals surface area contributed by atoms with Crippen molar-refractivity contribution in [3.63, 3.8) is 0 Å². The number of aliphatic hydroxyl groups is 1. The summed E-state index contributed by atoms with van der Waals surface area (Å²) >= 11 is 0. The number of aliphatic hydroxyl groups excluding tert-OH is 1. The summed E-state index contributed by atoms with van der Waals surface area (Å²) < 4.78 is 0. The fourth-order valence-corrected chi connectivity index (χ4v) is 2.20. The van der Waals surface area contributed by atoms with Gasteiger partial charge < -0.3 is 15.7 Å². The molecule has 1 fully saturated rings. The Kier molecular flexibility index (Phi) is 3.76. The lowest BCUT2D eigenvalue weighted by atomic mass is 10.0. The Bertz CT molecular complexity index is 406. The molecule has 0 saturated carbocycles. The molecule has 1 aromatic rings. The van der Waals surface area contributed by atoms with Crippen LogP contribution < -0.4 is 10.6 Å². The smallest absolute Gasteiger partial charge is 0.229 e. The summed E-state index contributed by atoms with van der Waals surface area (Å²) in [5.74, 6) is 0.0883. The molecule has 2 unspecified atom stereocenters. The molecule has 0 bridgehead atoms. The number of rotatable bonds is 3. The summed E-state index contributed by atoms with van der Waals surface area (Å²) in [7, 11) is 0. The Morgan fingerprint density at radius 3 is 3.06 bits per heavy atom. The van der Waals surface area contributed by atoms with Gasteiger partial charge in [0, 0.05) is 11.7 Å². The van der Waals surface area contributed by atoms with Crippen molar-refractivity contribution in [1.29, 1.82) is 0 Å². The molecule has 1 heterocycles. The molecule has 2 atom stereocenters. The Morgan fingerprint density at radius 1 is 1.59 bits per heavy atom. The zero-order chi connectivity index (χ0) is 12.3. The van der Waals surface area contributed by atoms with E-state index >= 15 is 0 Å². The molecule has 0 spiro atoms. The van der Waals surface area contributed by atoms with E-state index in [2.05, 4.69) is 10.6 Å². The Labute approximate surface area is 101 Å². The highest BCUT2D eigenvalue weighted by Gasteiger charge is 2.29. The van der Waals surface area contributed by atoms with E-state index < -0.39 is 0 Å². The lowest BCUT2D eigenvalue weighted by molar-refractivity contribution is -0.120. The van der Waals surface area contributed by atoms with Crippen molar-refractivity contribution < 1.29 is 9.90 Å². The molecule has 0 radical (unpaired) electrons. The van der Waals surface area contributed by atoms with E-state index in [0.29, 0.717) is 0 Å². The Morgan fingerprint density at radius 2 is 2.41 bits per heavy atom. The van der Waals surface area contributed by atoms with Crippen LogP contribution in [0.5, 0.6) is 0 Å². The van der Waals surface area contributed by atoms with Gasteiger partial charge in [0.25, 0.3) is 0 Å². The maximum absolute atomic E-state index is 12.0. The molecule has 3 N–H and O–H groups in total. The second-order valence-corrected chi connectivity index (χ2v) is 4.49. The highest BCUT2D eigenvalue weighted by molar-refractivity contribution is 5.93. The van der Waals surface area contributed by atoms with Crippen LogP contribution in [0.25, 0.3) is 0 Å². The van der Waals surface area contributed by atoms with Gasteiger partial charge in [-0.15, -0.1) is 0 Å². The maximum atomic E-state index is 12.0. The van der Waals surface area contributed by atoms with Gasteiger partial charge in [0.2, 0.25) is 5.91 Å². The van der Waals surface area contributed by atoms with Crippen LogP contribution in [0.2, 0.25) is 0 Å². The Balaban J connectivity index is 2.02. The quantitative estimate of drug-likeness (QED) is 0.734. The van der Waals surface area contributed by atoms with Crippen molar-refractivity contribution in [2.75, 3.05) is 11.9 Å². The van der Waals surface area contributed by atoms with Gasteiger partial charge in [0.15, 0.2) is 0 Å². The topological polar surface area (TPSA) is 61.4 Å². The first-order valence-corrected chi connectivity index (χ1v) is 5.95. The molecule has 4 nitrogen and oxygen atoms in total. The average Bonchev–Trinajstić information content (AvgIpc) is 2.76. The Hall–Kier alpha value is -1.39. The minimum absolute atomic E-state index is 0.00883. The summed E-state index contributed by atoms with van der Waals surface area (Å²) in [5.41, 5.74) is 1.56. The van der Waals surface area contributed by atoms with Gasteiger partial charge in [-0.05, 0) is 37.6 Å². The third kappa shape index (κ3) is 2.84. The lowest BCUT2D eigenvalue weighted by Crippen LogP contribution is -2.32. The van der Waals surface area contributed by atoms with Gasteiger partial charge in [0.05, 0.1) is 12.5 Å². The molecule has 4 heteroatoms. The average molecular weight is 234 g/mol. The first-order chi connectivity index (χ1) is 8.20. The molecule has 1 aliphatic heterocycles. The van der Waals surface area contributed by atoms with Crippen LogP contribution in [0, 0.1) is 5.92 Å². The maximum Gasteiger partial charge on any atom is 0.229 e. The van der Waals surface area contributed by atoms with Crippen LogP contribution in [-0.2, 0) is 11.4 Å². The van der Waals surface area contributed by atoms with Gasteiger partial charge in [-0.25, -0.2) is 0 Å². The van der Waals surface area contributed by atoms with E-state index in [1.807, 2.05) is 25.1 Å². The zero-order valence-electron chi connectivity index (χ0n) is 9.94. The number of amides is 1. The van der Waals surface area contributed by atoms with E-state index in [-0.39, 0.29) is 24.5 Å². The molecule has 1 aliphatic rings. The predicted octanol–water partition coefficient (Wildman–Crippen LogP) is 1.12. The third-order valence-corrected chi connectivity index (χ3v) is 3.24. The van der Waals surface area contributed by atoms with Crippen LogP contribution >= 0.6 is 0 Å².